The Balaban J connectivity index is 1.87. The first-order chi connectivity index (χ1) is 7.81. The van der Waals surface area contributed by atoms with E-state index in [1.54, 1.807) is 0 Å². The van der Waals surface area contributed by atoms with Gasteiger partial charge in [-0.1, -0.05) is 24.3 Å². The third-order valence-electron chi connectivity index (χ3n) is 3.90. The molecule has 1 aromatic carbocycles. The van der Waals surface area contributed by atoms with Crippen LogP contribution in [0.3, 0.4) is 0 Å². The molecular formula is C14H14N2. The number of aryl methyl sites for hydroxylation is 1. The van der Waals surface area contributed by atoms with Crippen molar-refractivity contribution in [2.24, 2.45) is 10.9 Å². The molecule has 80 valence electrons. The number of hydrogen-bond acceptors (Lipinski definition) is 2. The standard InChI is InChI=1S/C14H14N2/c1-9-2-3-11-8-16-12-5-4-10(7-12)14(16)15-13(11)6-9/h2-6,10,12H,7-8H2,1H3. The molecule has 0 amide bonds. The Morgan fingerprint density at radius 1 is 1.31 bits per heavy atom. The fourth-order valence-electron chi connectivity index (χ4n) is 3.05. The number of fused-ring (bicyclic) bond motifs is 6. The van der Waals surface area contributed by atoms with Gasteiger partial charge in [0.05, 0.1) is 5.69 Å². The van der Waals surface area contributed by atoms with Gasteiger partial charge < -0.3 is 4.90 Å². The maximum Gasteiger partial charge on any atom is 0.113 e. The lowest BCUT2D eigenvalue weighted by Gasteiger charge is -2.31. The molecular weight excluding hydrogens is 196 g/mol. The van der Waals surface area contributed by atoms with E-state index in [1.807, 2.05) is 0 Å². The smallest absolute Gasteiger partial charge is 0.113 e. The van der Waals surface area contributed by atoms with Gasteiger partial charge in [0.2, 0.25) is 0 Å². The van der Waals surface area contributed by atoms with Gasteiger partial charge in [-0.15, -0.1) is 0 Å². The molecule has 1 aromatic rings. The van der Waals surface area contributed by atoms with Gasteiger partial charge in [0.1, 0.15) is 5.84 Å². The van der Waals surface area contributed by atoms with Crippen molar-refractivity contribution < 1.29 is 0 Å². The van der Waals surface area contributed by atoms with E-state index in [0.29, 0.717) is 12.0 Å². The molecule has 1 aliphatic carbocycles. The quantitative estimate of drug-likeness (QED) is 0.601. The van der Waals surface area contributed by atoms with Crippen molar-refractivity contribution in [1.29, 1.82) is 0 Å². The van der Waals surface area contributed by atoms with Crippen molar-refractivity contribution in [1.82, 2.24) is 4.90 Å². The molecule has 16 heavy (non-hydrogen) atoms. The van der Waals surface area contributed by atoms with Crippen LogP contribution in [-0.2, 0) is 6.54 Å². The Morgan fingerprint density at radius 3 is 3.19 bits per heavy atom. The van der Waals surface area contributed by atoms with Crippen LogP contribution in [-0.4, -0.2) is 16.8 Å². The summed E-state index contributed by atoms with van der Waals surface area (Å²) in [5, 5.41) is 0. The predicted octanol–water partition coefficient (Wildman–Crippen LogP) is 2.80. The van der Waals surface area contributed by atoms with Crippen LogP contribution in [0, 0.1) is 12.8 Å². The Morgan fingerprint density at radius 2 is 2.25 bits per heavy atom. The van der Waals surface area contributed by atoms with Crippen molar-refractivity contribution in [2.75, 3.05) is 0 Å². The average molecular weight is 210 g/mol. The second kappa shape index (κ2) is 2.76. The maximum absolute atomic E-state index is 4.84. The van der Waals surface area contributed by atoms with E-state index in [0.717, 1.165) is 6.54 Å². The molecule has 4 rings (SSSR count). The Labute approximate surface area is 95.3 Å². The summed E-state index contributed by atoms with van der Waals surface area (Å²) in [5.74, 6) is 1.88. The largest absolute Gasteiger partial charge is 0.349 e. The van der Waals surface area contributed by atoms with Gasteiger partial charge in [-0.2, -0.15) is 0 Å². The van der Waals surface area contributed by atoms with E-state index >= 15 is 0 Å². The van der Waals surface area contributed by atoms with Crippen LogP contribution in [0.25, 0.3) is 0 Å². The summed E-state index contributed by atoms with van der Waals surface area (Å²) in [5.41, 5.74) is 3.86. The number of benzene rings is 1. The molecule has 0 saturated carbocycles. The first-order valence-corrected chi connectivity index (χ1v) is 5.94. The van der Waals surface area contributed by atoms with Crippen LogP contribution in [0.1, 0.15) is 17.5 Å². The molecule has 2 aliphatic heterocycles. The molecule has 3 aliphatic rings. The first kappa shape index (κ1) is 8.57. The summed E-state index contributed by atoms with van der Waals surface area (Å²) >= 11 is 0. The molecule has 2 unspecified atom stereocenters. The van der Waals surface area contributed by atoms with E-state index < -0.39 is 0 Å². The highest BCUT2D eigenvalue weighted by Gasteiger charge is 2.40. The molecule has 1 saturated heterocycles. The third-order valence-corrected chi connectivity index (χ3v) is 3.90. The van der Waals surface area contributed by atoms with Crippen LogP contribution >= 0.6 is 0 Å². The van der Waals surface area contributed by atoms with Crippen LogP contribution in [0.4, 0.5) is 5.69 Å². The molecule has 0 aromatic heterocycles. The lowest BCUT2D eigenvalue weighted by atomic mass is 10.1. The molecule has 0 radical (unpaired) electrons. The van der Waals surface area contributed by atoms with Gasteiger partial charge in [0, 0.05) is 18.5 Å². The van der Waals surface area contributed by atoms with Crippen molar-refractivity contribution in [2.45, 2.75) is 25.9 Å². The zero-order valence-electron chi connectivity index (χ0n) is 9.35. The highest BCUT2D eigenvalue weighted by Crippen LogP contribution is 2.40. The Kier molecular flexibility index (Phi) is 1.48. The molecule has 2 bridgehead atoms. The molecule has 0 N–H and O–H groups in total. The minimum Gasteiger partial charge on any atom is -0.349 e. The molecule has 2 atom stereocenters. The predicted molar refractivity (Wildman–Crippen MR) is 64.9 cm³/mol. The number of nitrogens with zero attached hydrogens (tertiary/aromatic N) is 2. The van der Waals surface area contributed by atoms with Crippen molar-refractivity contribution in [3.05, 3.63) is 41.5 Å². The first-order valence-electron chi connectivity index (χ1n) is 5.94. The van der Waals surface area contributed by atoms with Crippen molar-refractivity contribution in [3.63, 3.8) is 0 Å². The Bertz CT molecular complexity index is 528. The van der Waals surface area contributed by atoms with Crippen LogP contribution in [0.5, 0.6) is 0 Å². The molecule has 0 spiro atoms. The van der Waals surface area contributed by atoms with Crippen LogP contribution < -0.4 is 0 Å². The van der Waals surface area contributed by atoms with Gasteiger partial charge >= 0.3 is 0 Å². The monoisotopic (exact) mass is 210 g/mol. The number of aliphatic imine (C=N–C) groups is 1. The summed E-state index contributed by atoms with van der Waals surface area (Å²) in [7, 11) is 0. The van der Waals surface area contributed by atoms with E-state index in [-0.39, 0.29) is 0 Å². The van der Waals surface area contributed by atoms with Crippen molar-refractivity contribution in [3.8, 4) is 0 Å². The summed E-state index contributed by atoms with van der Waals surface area (Å²) in [6, 6.07) is 7.22. The Hall–Kier alpha value is -1.57. The van der Waals surface area contributed by atoms with Gasteiger partial charge in [-0.3, -0.25) is 0 Å². The normalized spacial score (nSPS) is 29.1. The number of rotatable bonds is 0. The second-order valence-corrected chi connectivity index (χ2v) is 5.02. The summed E-state index contributed by atoms with van der Waals surface area (Å²) < 4.78 is 0. The third kappa shape index (κ3) is 0.993. The molecule has 1 fully saturated rings. The second-order valence-electron chi connectivity index (χ2n) is 5.02. The van der Waals surface area contributed by atoms with Gasteiger partial charge in [-0.25, -0.2) is 4.99 Å². The summed E-state index contributed by atoms with van der Waals surface area (Å²) in [6.45, 7) is 3.17. The molecule has 2 nitrogen and oxygen atoms in total. The molecule has 2 heterocycles. The highest BCUT2D eigenvalue weighted by atomic mass is 15.3. The zero-order valence-corrected chi connectivity index (χ0v) is 9.35. The SMILES string of the molecule is Cc1ccc2c(c1)N=C1C3C=CC(C3)N1C2. The minimum absolute atomic E-state index is 0.582. The van der Waals surface area contributed by atoms with Crippen molar-refractivity contribution >= 4 is 11.5 Å². The minimum atomic E-state index is 0.582. The van der Waals surface area contributed by atoms with E-state index in [1.165, 1.54) is 29.1 Å². The van der Waals surface area contributed by atoms with E-state index in [2.05, 4.69) is 42.2 Å². The zero-order chi connectivity index (χ0) is 10.7. The van der Waals surface area contributed by atoms with Gasteiger partial charge in [0.25, 0.3) is 0 Å². The lowest BCUT2D eigenvalue weighted by Crippen LogP contribution is -2.36. The van der Waals surface area contributed by atoms with Crippen LogP contribution in [0.15, 0.2) is 35.3 Å². The fraction of sp³-hybridized carbons (Fsp3) is 0.357. The van der Waals surface area contributed by atoms with E-state index in [4.69, 9.17) is 4.99 Å². The van der Waals surface area contributed by atoms with Crippen LogP contribution in [0.2, 0.25) is 0 Å². The molecule has 2 heteroatoms. The highest BCUT2D eigenvalue weighted by molar-refractivity contribution is 5.93. The topological polar surface area (TPSA) is 15.6 Å². The van der Waals surface area contributed by atoms with Gasteiger partial charge in [-0.05, 0) is 30.5 Å². The summed E-state index contributed by atoms with van der Waals surface area (Å²) in [4.78, 5) is 7.30. The number of amidine groups is 1. The average Bonchev–Trinajstić information content (AvgIpc) is 2.87. The van der Waals surface area contributed by atoms with Gasteiger partial charge in [0.15, 0.2) is 0 Å². The van der Waals surface area contributed by atoms with E-state index in [9.17, 15) is 0 Å². The number of hydrogen-bond donors (Lipinski definition) is 0. The fourth-order valence-corrected chi connectivity index (χ4v) is 3.05. The summed E-state index contributed by atoms with van der Waals surface area (Å²) in [6.07, 6.45) is 5.90. The maximum atomic E-state index is 4.84. The lowest BCUT2D eigenvalue weighted by molar-refractivity contribution is 0.378.